The first-order valence-corrected chi connectivity index (χ1v) is 12.3. The van der Waals surface area contributed by atoms with E-state index in [0.717, 1.165) is 44.6 Å². The van der Waals surface area contributed by atoms with Crippen LogP contribution in [-0.2, 0) is 0 Å². The van der Waals surface area contributed by atoms with E-state index in [4.69, 9.17) is 5.73 Å². The normalized spacial score (nSPS) is 54.5. The highest BCUT2D eigenvalue weighted by molar-refractivity contribution is 5.13. The number of nitrogens with two attached hydrogens (primary N) is 1. The van der Waals surface area contributed by atoms with Crippen molar-refractivity contribution in [3.05, 3.63) is 0 Å². The summed E-state index contributed by atoms with van der Waals surface area (Å²) in [6.45, 7) is 10.6. The van der Waals surface area contributed by atoms with Gasteiger partial charge < -0.3 is 15.9 Å². The molecule has 0 aromatic carbocycles. The lowest BCUT2D eigenvalue weighted by Gasteiger charge is -2.64. The van der Waals surface area contributed by atoms with E-state index in [1.807, 2.05) is 0 Å². The molecule has 162 valence electrons. The third-order valence-corrected chi connectivity index (χ3v) is 10.8. The van der Waals surface area contributed by atoms with E-state index in [1.54, 1.807) is 0 Å². The van der Waals surface area contributed by atoms with Crippen LogP contribution in [0.15, 0.2) is 0 Å². The molecule has 0 saturated heterocycles. The van der Waals surface area contributed by atoms with Gasteiger partial charge in [-0.15, -0.1) is 0 Å². The molecular weight excluding hydrogens is 346 g/mol. The summed E-state index contributed by atoms with van der Waals surface area (Å²) in [5, 5.41) is 22.1. The van der Waals surface area contributed by atoms with Gasteiger partial charge in [0.05, 0.1) is 12.2 Å². The smallest absolute Gasteiger partial charge is 0.0605 e. The molecule has 0 heterocycles. The molecule has 11 atom stereocenters. The van der Waals surface area contributed by atoms with Gasteiger partial charge in [-0.2, -0.15) is 0 Å². The molecule has 4 N–H and O–H groups in total. The SMILES string of the molecule is CC[C@@H]1C2C[C@H](O)CC[C@@]2(C)[C@H]2CCC3(C)C([C@H](C)CCN)CC[C@H]3C2[C@@H]1O. The Labute approximate surface area is 172 Å². The largest absolute Gasteiger partial charge is 0.393 e. The zero-order valence-electron chi connectivity index (χ0n) is 18.7. The molecule has 0 amide bonds. The first-order chi connectivity index (χ1) is 13.3. The van der Waals surface area contributed by atoms with Gasteiger partial charge in [-0.1, -0.05) is 34.1 Å². The minimum absolute atomic E-state index is 0.155. The van der Waals surface area contributed by atoms with Crippen LogP contribution in [0.2, 0.25) is 0 Å². The van der Waals surface area contributed by atoms with Crippen LogP contribution in [0, 0.1) is 52.3 Å². The molecule has 28 heavy (non-hydrogen) atoms. The summed E-state index contributed by atoms with van der Waals surface area (Å²) in [6, 6.07) is 0. The molecule has 0 bridgehead atoms. The summed E-state index contributed by atoms with van der Waals surface area (Å²) in [5.74, 6) is 4.12. The summed E-state index contributed by atoms with van der Waals surface area (Å²) in [5.41, 5.74) is 6.61. The molecule has 4 rings (SSSR count). The first kappa shape index (κ1) is 21.1. The van der Waals surface area contributed by atoms with E-state index < -0.39 is 0 Å². The number of aliphatic hydroxyl groups excluding tert-OH is 2. The van der Waals surface area contributed by atoms with Crippen molar-refractivity contribution in [2.24, 2.45) is 58.0 Å². The minimum Gasteiger partial charge on any atom is -0.393 e. The van der Waals surface area contributed by atoms with Crippen molar-refractivity contribution in [1.82, 2.24) is 0 Å². The predicted molar refractivity (Wildman–Crippen MR) is 115 cm³/mol. The number of rotatable bonds is 4. The van der Waals surface area contributed by atoms with Crippen LogP contribution in [0.5, 0.6) is 0 Å². The Balaban J connectivity index is 1.67. The molecule has 4 aliphatic rings. The second-order valence-corrected chi connectivity index (χ2v) is 11.7. The fourth-order valence-electron chi connectivity index (χ4n) is 9.40. The lowest BCUT2D eigenvalue weighted by atomic mass is 9.41. The highest BCUT2D eigenvalue weighted by Gasteiger charge is 2.64. The fraction of sp³-hybridized carbons (Fsp3) is 1.00. The van der Waals surface area contributed by atoms with Crippen LogP contribution in [0.25, 0.3) is 0 Å². The summed E-state index contributed by atoms with van der Waals surface area (Å²) < 4.78 is 0. The van der Waals surface area contributed by atoms with Gasteiger partial charge >= 0.3 is 0 Å². The molecule has 3 heteroatoms. The van der Waals surface area contributed by atoms with Crippen molar-refractivity contribution in [2.75, 3.05) is 6.54 Å². The molecule has 3 nitrogen and oxygen atoms in total. The monoisotopic (exact) mass is 391 g/mol. The lowest BCUT2D eigenvalue weighted by Crippen LogP contribution is -2.62. The maximum absolute atomic E-state index is 11.7. The molecule has 0 radical (unpaired) electrons. The van der Waals surface area contributed by atoms with E-state index in [1.165, 1.54) is 25.7 Å². The highest BCUT2D eigenvalue weighted by Crippen LogP contribution is 2.69. The second kappa shape index (κ2) is 7.54. The van der Waals surface area contributed by atoms with Crippen molar-refractivity contribution < 1.29 is 10.2 Å². The second-order valence-electron chi connectivity index (χ2n) is 11.7. The average molecular weight is 392 g/mol. The molecule has 0 aromatic heterocycles. The van der Waals surface area contributed by atoms with Crippen LogP contribution in [-0.4, -0.2) is 29.0 Å². The van der Waals surface area contributed by atoms with Crippen LogP contribution in [0.4, 0.5) is 0 Å². The number of hydrogen-bond acceptors (Lipinski definition) is 3. The zero-order valence-corrected chi connectivity index (χ0v) is 18.7. The fourth-order valence-corrected chi connectivity index (χ4v) is 9.40. The Morgan fingerprint density at radius 3 is 2.32 bits per heavy atom. The third kappa shape index (κ3) is 2.94. The highest BCUT2D eigenvalue weighted by atomic mass is 16.3. The minimum atomic E-state index is -0.174. The topological polar surface area (TPSA) is 66.5 Å². The molecule has 0 spiro atoms. The van der Waals surface area contributed by atoms with Gasteiger partial charge in [-0.05, 0) is 110 Å². The Bertz CT molecular complexity index is 567. The molecule has 0 aliphatic heterocycles. The van der Waals surface area contributed by atoms with Gasteiger partial charge in [0.2, 0.25) is 0 Å². The quantitative estimate of drug-likeness (QED) is 0.656. The molecule has 0 aromatic rings. The molecule has 4 aliphatic carbocycles. The Hall–Kier alpha value is -0.120. The Kier molecular flexibility index (Phi) is 5.69. The predicted octanol–water partition coefficient (Wildman–Crippen LogP) is 4.60. The van der Waals surface area contributed by atoms with Crippen LogP contribution < -0.4 is 5.73 Å². The molecular formula is C25H45NO2. The first-order valence-electron chi connectivity index (χ1n) is 12.3. The van der Waals surface area contributed by atoms with Crippen molar-refractivity contribution in [3.8, 4) is 0 Å². The van der Waals surface area contributed by atoms with Crippen molar-refractivity contribution in [3.63, 3.8) is 0 Å². The van der Waals surface area contributed by atoms with Gasteiger partial charge in [0, 0.05) is 0 Å². The molecule has 4 fully saturated rings. The van der Waals surface area contributed by atoms with Crippen LogP contribution >= 0.6 is 0 Å². The maximum Gasteiger partial charge on any atom is 0.0605 e. The standard InChI is InChI=1S/C25H45NO2/c1-5-17-21-14-16(27)8-11-25(21,4)20-9-12-24(3)18(15(2)10-13-26)6-7-19(24)22(20)23(17)28/h15-23,27-28H,5-14,26H2,1-4H3/t15-,16-,17-,18?,19+,20+,21?,22?,23-,24?,25+/m1/s1. The number of hydrogen-bond donors (Lipinski definition) is 3. The summed E-state index contributed by atoms with van der Waals surface area (Å²) in [6.07, 6.45) is 10.1. The van der Waals surface area contributed by atoms with E-state index in [9.17, 15) is 10.2 Å². The van der Waals surface area contributed by atoms with Gasteiger partial charge in [-0.25, -0.2) is 0 Å². The van der Waals surface area contributed by atoms with Gasteiger partial charge in [0.15, 0.2) is 0 Å². The summed E-state index contributed by atoms with van der Waals surface area (Å²) in [7, 11) is 0. The molecule has 4 unspecified atom stereocenters. The van der Waals surface area contributed by atoms with E-state index in [-0.39, 0.29) is 12.2 Å². The van der Waals surface area contributed by atoms with Gasteiger partial charge in [0.25, 0.3) is 0 Å². The Morgan fingerprint density at radius 2 is 1.64 bits per heavy atom. The van der Waals surface area contributed by atoms with Crippen molar-refractivity contribution >= 4 is 0 Å². The molecule has 4 saturated carbocycles. The number of fused-ring (bicyclic) bond motifs is 5. The van der Waals surface area contributed by atoms with E-state index >= 15 is 0 Å². The van der Waals surface area contributed by atoms with E-state index in [0.29, 0.717) is 46.3 Å². The van der Waals surface area contributed by atoms with Crippen LogP contribution in [0.3, 0.4) is 0 Å². The van der Waals surface area contributed by atoms with Crippen molar-refractivity contribution in [1.29, 1.82) is 0 Å². The summed E-state index contributed by atoms with van der Waals surface area (Å²) in [4.78, 5) is 0. The van der Waals surface area contributed by atoms with E-state index in [2.05, 4.69) is 27.7 Å². The third-order valence-electron chi connectivity index (χ3n) is 10.8. The van der Waals surface area contributed by atoms with Crippen LogP contribution in [0.1, 0.15) is 85.5 Å². The lowest BCUT2D eigenvalue weighted by molar-refractivity contribution is -0.203. The average Bonchev–Trinajstić information content (AvgIpc) is 3.01. The van der Waals surface area contributed by atoms with Crippen molar-refractivity contribution in [2.45, 2.75) is 97.7 Å². The summed E-state index contributed by atoms with van der Waals surface area (Å²) >= 11 is 0. The maximum atomic E-state index is 11.7. The van der Waals surface area contributed by atoms with Gasteiger partial charge in [-0.3, -0.25) is 0 Å². The Morgan fingerprint density at radius 1 is 0.964 bits per heavy atom. The number of aliphatic hydroxyl groups is 2. The zero-order chi connectivity index (χ0) is 20.3. The van der Waals surface area contributed by atoms with Gasteiger partial charge in [0.1, 0.15) is 0 Å².